The molecule has 0 heterocycles. The first-order valence-corrected chi connectivity index (χ1v) is 5.49. The van der Waals surface area contributed by atoms with Crippen molar-refractivity contribution in [2.45, 2.75) is 19.3 Å². The van der Waals surface area contributed by atoms with E-state index >= 15 is 0 Å². The fourth-order valence-corrected chi connectivity index (χ4v) is 2.12. The number of rotatable bonds is 4. The maximum atomic E-state index is 6.04. The zero-order valence-electron chi connectivity index (χ0n) is 8.89. The van der Waals surface area contributed by atoms with E-state index in [4.69, 9.17) is 27.9 Å². The van der Waals surface area contributed by atoms with Gasteiger partial charge in [-0.25, -0.2) is 0 Å². The molecule has 15 heavy (non-hydrogen) atoms. The molecule has 1 atom stereocenters. The van der Waals surface area contributed by atoms with Crippen molar-refractivity contribution >= 4 is 23.2 Å². The number of hydrogen-bond acceptors (Lipinski definition) is 1. The highest BCUT2D eigenvalue weighted by Crippen LogP contribution is 2.37. The van der Waals surface area contributed by atoms with Crippen LogP contribution in [0.5, 0.6) is 5.75 Å². The van der Waals surface area contributed by atoms with Crippen LogP contribution in [-0.2, 0) is 0 Å². The zero-order chi connectivity index (χ0) is 11.4. The Labute approximate surface area is 101 Å². The van der Waals surface area contributed by atoms with E-state index in [1.807, 2.05) is 12.1 Å². The van der Waals surface area contributed by atoms with Crippen LogP contribution in [0.15, 0.2) is 24.8 Å². The highest BCUT2D eigenvalue weighted by molar-refractivity contribution is 6.35. The van der Waals surface area contributed by atoms with Crippen molar-refractivity contribution < 1.29 is 4.74 Å². The molecule has 0 radical (unpaired) electrons. The van der Waals surface area contributed by atoms with E-state index in [0.717, 1.165) is 12.0 Å². The molecule has 3 heteroatoms. The molecule has 82 valence electrons. The average Bonchev–Trinajstić information content (AvgIpc) is 2.17. The van der Waals surface area contributed by atoms with E-state index in [2.05, 4.69) is 13.5 Å². The van der Waals surface area contributed by atoms with Crippen LogP contribution in [0.2, 0.25) is 10.0 Å². The summed E-state index contributed by atoms with van der Waals surface area (Å²) in [5.41, 5.74) is 1.02. The van der Waals surface area contributed by atoms with E-state index < -0.39 is 0 Å². The molecule has 1 rings (SSSR count). The van der Waals surface area contributed by atoms with Crippen molar-refractivity contribution in [2.24, 2.45) is 0 Å². The molecular formula is C12H14Cl2O. The van der Waals surface area contributed by atoms with Crippen LogP contribution in [0.3, 0.4) is 0 Å². The molecule has 0 aliphatic carbocycles. The summed E-state index contributed by atoms with van der Waals surface area (Å²) in [4.78, 5) is 0. The number of ether oxygens (including phenoxy) is 1. The van der Waals surface area contributed by atoms with Gasteiger partial charge in [-0.2, -0.15) is 0 Å². The quantitative estimate of drug-likeness (QED) is 0.699. The second-order valence-electron chi connectivity index (χ2n) is 3.44. The van der Waals surface area contributed by atoms with Crippen molar-refractivity contribution in [3.63, 3.8) is 0 Å². The van der Waals surface area contributed by atoms with Gasteiger partial charge in [-0.3, -0.25) is 0 Å². The Morgan fingerprint density at radius 3 is 2.67 bits per heavy atom. The van der Waals surface area contributed by atoms with E-state index in [1.165, 1.54) is 0 Å². The Hall–Kier alpha value is -0.660. The van der Waals surface area contributed by atoms with Crippen molar-refractivity contribution in [2.75, 3.05) is 7.11 Å². The molecule has 1 nitrogen and oxygen atoms in total. The second-order valence-corrected chi connectivity index (χ2v) is 4.28. The molecule has 0 N–H and O–H groups in total. The molecule has 0 spiro atoms. The van der Waals surface area contributed by atoms with E-state index in [1.54, 1.807) is 13.2 Å². The fraction of sp³-hybridized carbons (Fsp3) is 0.333. The van der Waals surface area contributed by atoms with Gasteiger partial charge in [-0.05, 0) is 24.5 Å². The minimum absolute atomic E-state index is 0.300. The lowest BCUT2D eigenvalue weighted by atomic mass is 9.97. The third-order valence-corrected chi connectivity index (χ3v) is 2.79. The Bertz CT molecular complexity index is 361. The molecular weight excluding hydrogens is 231 g/mol. The first-order chi connectivity index (χ1) is 7.10. The van der Waals surface area contributed by atoms with E-state index in [0.29, 0.717) is 21.7 Å². The lowest BCUT2D eigenvalue weighted by Crippen LogP contribution is -1.97. The summed E-state index contributed by atoms with van der Waals surface area (Å²) >= 11 is 12.0. The highest BCUT2D eigenvalue weighted by atomic mass is 35.5. The molecule has 0 saturated carbocycles. The largest absolute Gasteiger partial charge is 0.495 e. The van der Waals surface area contributed by atoms with Crippen LogP contribution in [0.25, 0.3) is 0 Å². The summed E-state index contributed by atoms with van der Waals surface area (Å²) in [6.07, 6.45) is 2.74. The molecule has 0 aliphatic rings. The molecule has 1 unspecified atom stereocenters. The first kappa shape index (κ1) is 12.4. The Morgan fingerprint density at radius 2 is 2.13 bits per heavy atom. The van der Waals surface area contributed by atoms with Crippen LogP contribution in [0, 0.1) is 0 Å². The summed E-state index contributed by atoms with van der Waals surface area (Å²) in [5, 5.41) is 1.18. The van der Waals surface area contributed by atoms with Crippen LogP contribution in [-0.4, -0.2) is 7.11 Å². The minimum Gasteiger partial charge on any atom is -0.495 e. The summed E-state index contributed by atoms with van der Waals surface area (Å²) in [6.45, 7) is 5.81. The second kappa shape index (κ2) is 5.43. The summed E-state index contributed by atoms with van der Waals surface area (Å²) < 4.78 is 5.27. The molecule has 0 saturated heterocycles. The Balaban J connectivity index is 3.19. The van der Waals surface area contributed by atoms with Crippen LogP contribution in [0.4, 0.5) is 0 Å². The first-order valence-electron chi connectivity index (χ1n) is 4.74. The average molecular weight is 245 g/mol. The molecule has 0 aliphatic heterocycles. The number of benzene rings is 1. The predicted molar refractivity (Wildman–Crippen MR) is 66.2 cm³/mol. The van der Waals surface area contributed by atoms with Gasteiger partial charge in [0.15, 0.2) is 0 Å². The standard InChI is InChI=1S/C12H14Cl2O/c1-4-5-8(2)10-6-9(13)7-11(14)12(10)15-3/h4,6-8H,1,5H2,2-3H3. The maximum absolute atomic E-state index is 6.04. The number of halogens is 2. The van der Waals surface area contributed by atoms with Gasteiger partial charge < -0.3 is 4.74 Å². The van der Waals surface area contributed by atoms with Gasteiger partial charge >= 0.3 is 0 Å². The normalized spacial score (nSPS) is 12.3. The molecule has 1 aromatic rings. The van der Waals surface area contributed by atoms with Crippen molar-refractivity contribution in [1.29, 1.82) is 0 Å². The summed E-state index contributed by atoms with van der Waals surface area (Å²) in [7, 11) is 1.61. The zero-order valence-corrected chi connectivity index (χ0v) is 10.4. The monoisotopic (exact) mass is 244 g/mol. The summed E-state index contributed by atoms with van der Waals surface area (Å²) in [6, 6.07) is 3.58. The fourth-order valence-electron chi connectivity index (χ4n) is 1.54. The smallest absolute Gasteiger partial charge is 0.141 e. The third-order valence-electron chi connectivity index (χ3n) is 2.29. The number of hydrogen-bond donors (Lipinski definition) is 0. The molecule has 0 bridgehead atoms. The van der Waals surface area contributed by atoms with E-state index in [-0.39, 0.29) is 0 Å². The van der Waals surface area contributed by atoms with Crippen molar-refractivity contribution in [3.05, 3.63) is 40.4 Å². The third kappa shape index (κ3) is 2.90. The predicted octanol–water partition coefficient (Wildman–Crippen LogP) is 4.68. The minimum atomic E-state index is 0.300. The van der Waals surface area contributed by atoms with Crippen LogP contribution >= 0.6 is 23.2 Å². The lowest BCUT2D eigenvalue weighted by molar-refractivity contribution is 0.407. The number of allylic oxidation sites excluding steroid dienone is 1. The van der Waals surface area contributed by atoms with Gasteiger partial charge in [-0.15, -0.1) is 6.58 Å². The Morgan fingerprint density at radius 1 is 1.47 bits per heavy atom. The number of methoxy groups -OCH3 is 1. The van der Waals surface area contributed by atoms with Crippen molar-refractivity contribution in [3.8, 4) is 5.75 Å². The van der Waals surface area contributed by atoms with Gasteiger partial charge in [0.1, 0.15) is 5.75 Å². The Kier molecular flexibility index (Phi) is 4.49. The van der Waals surface area contributed by atoms with Gasteiger partial charge in [-0.1, -0.05) is 36.2 Å². The lowest BCUT2D eigenvalue weighted by Gasteiger charge is -2.15. The molecule has 0 amide bonds. The summed E-state index contributed by atoms with van der Waals surface area (Å²) in [5.74, 6) is 1.00. The van der Waals surface area contributed by atoms with Crippen LogP contribution in [0.1, 0.15) is 24.8 Å². The van der Waals surface area contributed by atoms with Crippen LogP contribution < -0.4 is 4.74 Å². The van der Waals surface area contributed by atoms with Gasteiger partial charge in [0.05, 0.1) is 12.1 Å². The van der Waals surface area contributed by atoms with E-state index in [9.17, 15) is 0 Å². The SMILES string of the molecule is C=CCC(C)c1cc(Cl)cc(Cl)c1OC. The van der Waals surface area contributed by atoms with Gasteiger partial charge in [0.2, 0.25) is 0 Å². The van der Waals surface area contributed by atoms with Gasteiger partial charge in [0, 0.05) is 10.6 Å². The van der Waals surface area contributed by atoms with Crippen molar-refractivity contribution in [1.82, 2.24) is 0 Å². The highest BCUT2D eigenvalue weighted by Gasteiger charge is 2.14. The maximum Gasteiger partial charge on any atom is 0.141 e. The molecule has 0 aromatic heterocycles. The molecule has 1 aromatic carbocycles. The van der Waals surface area contributed by atoms with Gasteiger partial charge in [0.25, 0.3) is 0 Å². The topological polar surface area (TPSA) is 9.23 Å². The molecule has 0 fully saturated rings.